The fourth-order valence-electron chi connectivity index (χ4n) is 3.48. The van der Waals surface area contributed by atoms with Crippen molar-refractivity contribution in [2.75, 3.05) is 6.61 Å². The van der Waals surface area contributed by atoms with Crippen molar-refractivity contribution in [3.8, 4) is 0 Å². The lowest BCUT2D eigenvalue weighted by Gasteiger charge is -2.32. The quantitative estimate of drug-likeness (QED) is 0.294. The molecule has 1 rings (SSSR count). The minimum absolute atomic E-state index is 0.0337. The monoisotopic (exact) mass is 298 g/mol. The van der Waals surface area contributed by atoms with Crippen LogP contribution in [0.5, 0.6) is 0 Å². The highest BCUT2D eigenvalue weighted by Crippen LogP contribution is 2.30. The molecule has 0 aliphatic carbocycles. The number of hydrogen-bond acceptors (Lipinski definition) is 3. The highest BCUT2D eigenvalue weighted by Gasteiger charge is 2.37. The molecular formula is C18H38N2O. The van der Waals surface area contributed by atoms with Crippen LogP contribution < -0.4 is 11.3 Å². The highest BCUT2D eigenvalue weighted by molar-refractivity contribution is 4.91. The smallest absolute Gasteiger partial charge is 0.0821 e. The molecule has 2 atom stereocenters. The average Bonchev–Trinajstić information content (AvgIpc) is 2.92. The third-order valence-corrected chi connectivity index (χ3v) is 5.03. The molecule has 1 aliphatic rings. The predicted molar refractivity (Wildman–Crippen MR) is 91.2 cm³/mol. The maximum Gasteiger partial charge on any atom is 0.0821 e. The van der Waals surface area contributed by atoms with Crippen molar-refractivity contribution in [2.45, 2.75) is 109 Å². The van der Waals surface area contributed by atoms with Crippen molar-refractivity contribution < 1.29 is 4.74 Å². The number of unbranched alkanes of at least 4 members (excludes halogenated alkanes) is 9. The zero-order valence-electron chi connectivity index (χ0n) is 14.5. The van der Waals surface area contributed by atoms with Crippen molar-refractivity contribution >= 4 is 0 Å². The van der Waals surface area contributed by atoms with Gasteiger partial charge >= 0.3 is 0 Å². The molecule has 3 N–H and O–H groups in total. The van der Waals surface area contributed by atoms with Gasteiger partial charge in [-0.05, 0) is 26.2 Å². The van der Waals surface area contributed by atoms with Gasteiger partial charge in [-0.3, -0.25) is 11.3 Å². The van der Waals surface area contributed by atoms with Crippen molar-refractivity contribution in [2.24, 2.45) is 5.84 Å². The second-order valence-corrected chi connectivity index (χ2v) is 6.95. The molecule has 0 aromatic rings. The van der Waals surface area contributed by atoms with Crippen LogP contribution in [0.3, 0.4) is 0 Å². The minimum atomic E-state index is -0.0337. The van der Waals surface area contributed by atoms with E-state index < -0.39 is 0 Å². The van der Waals surface area contributed by atoms with Gasteiger partial charge in [-0.2, -0.15) is 0 Å². The van der Waals surface area contributed by atoms with E-state index in [-0.39, 0.29) is 5.60 Å². The first-order valence-electron chi connectivity index (χ1n) is 9.33. The summed E-state index contributed by atoms with van der Waals surface area (Å²) in [6, 6.07) is 0.314. The molecule has 0 aromatic carbocycles. The van der Waals surface area contributed by atoms with E-state index in [0.29, 0.717) is 6.04 Å². The van der Waals surface area contributed by atoms with Gasteiger partial charge in [0.15, 0.2) is 0 Å². The van der Waals surface area contributed by atoms with Crippen molar-refractivity contribution in [3.63, 3.8) is 0 Å². The molecule has 0 amide bonds. The largest absolute Gasteiger partial charge is 0.374 e. The summed E-state index contributed by atoms with van der Waals surface area (Å²) in [7, 11) is 0. The third-order valence-electron chi connectivity index (χ3n) is 5.03. The molecule has 1 heterocycles. The van der Waals surface area contributed by atoms with Gasteiger partial charge in [-0.25, -0.2) is 0 Å². The van der Waals surface area contributed by atoms with Crippen LogP contribution in [0.4, 0.5) is 0 Å². The predicted octanol–water partition coefficient (Wildman–Crippen LogP) is 4.70. The Morgan fingerprint density at radius 1 is 1.00 bits per heavy atom. The van der Waals surface area contributed by atoms with Crippen LogP contribution in [-0.4, -0.2) is 18.2 Å². The van der Waals surface area contributed by atoms with Gasteiger partial charge in [0.05, 0.1) is 5.60 Å². The number of hydrogen-bond donors (Lipinski definition) is 2. The van der Waals surface area contributed by atoms with Crippen LogP contribution in [-0.2, 0) is 4.74 Å². The molecule has 1 fully saturated rings. The van der Waals surface area contributed by atoms with Crippen LogP contribution in [0.1, 0.15) is 97.3 Å². The van der Waals surface area contributed by atoms with E-state index in [1.54, 1.807) is 0 Å². The molecule has 3 heteroatoms. The number of rotatable bonds is 13. The molecular weight excluding hydrogens is 260 g/mol. The van der Waals surface area contributed by atoms with Crippen molar-refractivity contribution in [1.82, 2.24) is 5.43 Å². The second kappa shape index (κ2) is 11.4. The zero-order valence-corrected chi connectivity index (χ0v) is 14.5. The topological polar surface area (TPSA) is 47.3 Å². The number of nitrogens with one attached hydrogen (secondary N) is 1. The normalized spacial score (nSPS) is 23.6. The first kappa shape index (κ1) is 18.9. The molecule has 126 valence electrons. The van der Waals surface area contributed by atoms with Gasteiger partial charge in [0.25, 0.3) is 0 Å². The Labute approximate surface area is 132 Å². The summed E-state index contributed by atoms with van der Waals surface area (Å²) in [5.74, 6) is 5.73. The maximum absolute atomic E-state index is 5.89. The SMILES string of the molecule is CCCCCCCCCCCCC(NN)C1(C)CCCO1. The Morgan fingerprint density at radius 3 is 2.05 bits per heavy atom. The molecule has 0 aromatic heterocycles. The first-order chi connectivity index (χ1) is 10.2. The van der Waals surface area contributed by atoms with Crippen molar-refractivity contribution in [3.05, 3.63) is 0 Å². The van der Waals surface area contributed by atoms with E-state index in [9.17, 15) is 0 Å². The van der Waals surface area contributed by atoms with E-state index in [4.69, 9.17) is 10.6 Å². The van der Waals surface area contributed by atoms with Gasteiger partial charge in [-0.15, -0.1) is 0 Å². The van der Waals surface area contributed by atoms with E-state index >= 15 is 0 Å². The van der Waals surface area contributed by atoms with Crippen molar-refractivity contribution in [1.29, 1.82) is 0 Å². The standard InChI is InChI=1S/C18H38N2O/c1-3-4-5-6-7-8-9-10-11-12-14-17(20-19)18(2)15-13-16-21-18/h17,20H,3-16,19H2,1-2H3. The van der Waals surface area contributed by atoms with Gasteiger partial charge in [0.2, 0.25) is 0 Å². The van der Waals surface area contributed by atoms with E-state index in [0.717, 1.165) is 19.4 Å². The van der Waals surface area contributed by atoms with E-state index in [1.807, 2.05) is 0 Å². The summed E-state index contributed by atoms with van der Waals surface area (Å²) >= 11 is 0. The lowest BCUT2D eigenvalue weighted by molar-refractivity contribution is -0.0145. The van der Waals surface area contributed by atoms with Crippen LogP contribution in [0.15, 0.2) is 0 Å². The summed E-state index contributed by atoms with van der Waals surface area (Å²) in [6.07, 6.45) is 17.3. The Morgan fingerprint density at radius 2 is 1.57 bits per heavy atom. The summed E-state index contributed by atoms with van der Waals surface area (Å²) in [5.41, 5.74) is 2.96. The molecule has 0 radical (unpaired) electrons. The number of ether oxygens (including phenoxy) is 1. The minimum Gasteiger partial charge on any atom is -0.374 e. The maximum atomic E-state index is 5.89. The first-order valence-corrected chi connectivity index (χ1v) is 9.33. The van der Waals surface area contributed by atoms with Crippen LogP contribution in [0.2, 0.25) is 0 Å². The second-order valence-electron chi connectivity index (χ2n) is 6.95. The third kappa shape index (κ3) is 7.62. The molecule has 3 nitrogen and oxygen atoms in total. The molecule has 0 bridgehead atoms. The Bertz CT molecular complexity index is 239. The summed E-state index contributed by atoms with van der Waals surface area (Å²) in [6.45, 7) is 5.38. The van der Waals surface area contributed by atoms with Gasteiger partial charge in [0.1, 0.15) is 0 Å². The van der Waals surface area contributed by atoms with Gasteiger partial charge in [0, 0.05) is 12.6 Å². The van der Waals surface area contributed by atoms with E-state index in [1.165, 1.54) is 70.6 Å². The number of hydrazine groups is 1. The molecule has 0 spiro atoms. The fraction of sp³-hybridized carbons (Fsp3) is 1.00. The summed E-state index contributed by atoms with van der Waals surface area (Å²) < 4.78 is 5.89. The lowest BCUT2D eigenvalue weighted by Crippen LogP contribution is -2.51. The lowest BCUT2D eigenvalue weighted by atomic mass is 9.89. The Balaban J connectivity index is 1.95. The van der Waals surface area contributed by atoms with E-state index in [2.05, 4.69) is 19.3 Å². The van der Waals surface area contributed by atoms with Crippen LogP contribution >= 0.6 is 0 Å². The van der Waals surface area contributed by atoms with Gasteiger partial charge in [-0.1, -0.05) is 71.1 Å². The Kier molecular flexibility index (Phi) is 10.3. The molecule has 0 saturated carbocycles. The molecule has 1 aliphatic heterocycles. The molecule has 1 saturated heterocycles. The zero-order chi connectivity index (χ0) is 15.4. The Hall–Kier alpha value is -0.120. The molecule has 2 unspecified atom stereocenters. The summed E-state index contributed by atoms with van der Waals surface area (Å²) in [5, 5.41) is 0. The highest BCUT2D eigenvalue weighted by atomic mass is 16.5. The average molecular weight is 299 g/mol. The molecule has 21 heavy (non-hydrogen) atoms. The summed E-state index contributed by atoms with van der Waals surface area (Å²) in [4.78, 5) is 0. The van der Waals surface area contributed by atoms with Crippen LogP contribution in [0, 0.1) is 0 Å². The fourth-order valence-corrected chi connectivity index (χ4v) is 3.48. The number of nitrogens with two attached hydrogens (primary N) is 1. The van der Waals surface area contributed by atoms with Crippen LogP contribution in [0.25, 0.3) is 0 Å². The van der Waals surface area contributed by atoms with Gasteiger partial charge < -0.3 is 4.74 Å².